The number of amides is 1. The maximum Gasteiger partial charge on any atom is 0.267 e. The normalized spacial score (nSPS) is 15.1. The molecule has 2 aromatic carbocycles. The van der Waals surface area contributed by atoms with Crippen LogP contribution in [0.2, 0.25) is 0 Å². The molecule has 0 atom stereocenters. The Balaban J connectivity index is 1.50. The summed E-state index contributed by atoms with van der Waals surface area (Å²) in [5, 5.41) is 8.49. The molecule has 0 bridgehead atoms. The second-order valence-electron chi connectivity index (χ2n) is 6.51. The molecule has 1 fully saturated rings. The average molecular weight is 367 g/mol. The van der Waals surface area contributed by atoms with Crippen molar-refractivity contribution < 1.29 is 14.7 Å². The molecule has 0 aliphatic carbocycles. The van der Waals surface area contributed by atoms with Crippen molar-refractivity contribution in [2.45, 2.75) is 6.54 Å². The van der Waals surface area contributed by atoms with Gasteiger partial charge in [-0.3, -0.25) is 14.9 Å². The Morgan fingerprint density at radius 3 is 2.33 bits per heavy atom. The molecule has 6 nitrogen and oxygen atoms in total. The largest absolute Gasteiger partial charge is 0.497 e. The van der Waals surface area contributed by atoms with Crippen molar-refractivity contribution in [1.29, 1.82) is 0 Å². The zero-order chi connectivity index (χ0) is 19.1. The summed E-state index contributed by atoms with van der Waals surface area (Å²) in [7, 11) is 1.68. The molecule has 1 aliphatic rings. The molecule has 1 heterocycles. The van der Waals surface area contributed by atoms with E-state index in [1.807, 2.05) is 24.3 Å². The summed E-state index contributed by atoms with van der Waals surface area (Å²) in [4.78, 5) is 15.9. The second kappa shape index (κ2) is 9.21. The van der Waals surface area contributed by atoms with E-state index in [2.05, 4.69) is 34.1 Å². The first-order valence-electron chi connectivity index (χ1n) is 9.00. The number of benzene rings is 2. The quantitative estimate of drug-likeness (QED) is 0.467. The molecule has 0 unspecified atom stereocenters. The number of nitrogens with one attached hydrogen (secondary N) is 1. The number of piperazine rings is 1. The molecule has 0 aromatic heterocycles. The highest BCUT2D eigenvalue weighted by Gasteiger charge is 2.17. The predicted molar refractivity (Wildman–Crippen MR) is 106 cm³/mol. The zero-order valence-electron chi connectivity index (χ0n) is 15.5. The lowest BCUT2D eigenvalue weighted by atomic mass is 10.1. The Morgan fingerprint density at radius 2 is 1.74 bits per heavy atom. The van der Waals surface area contributed by atoms with E-state index >= 15 is 0 Å². The van der Waals surface area contributed by atoms with Crippen LogP contribution in [-0.4, -0.2) is 49.3 Å². The van der Waals surface area contributed by atoms with Crippen LogP contribution in [0.5, 0.6) is 5.75 Å². The molecule has 0 spiro atoms. The molecule has 0 saturated carbocycles. The summed E-state index contributed by atoms with van der Waals surface area (Å²) < 4.78 is 5.22. The van der Waals surface area contributed by atoms with Gasteiger partial charge in [-0.15, -0.1) is 0 Å². The van der Waals surface area contributed by atoms with Crippen LogP contribution in [0.15, 0.2) is 54.6 Å². The highest BCUT2D eigenvalue weighted by Crippen LogP contribution is 2.21. The number of methoxy groups -OCH3 is 1. The van der Waals surface area contributed by atoms with Crippen molar-refractivity contribution >= 4 is 17.7 Å². The van der Waals surface area contributed by atoms with E-state index in [-0.39, 0.29) is 0 Å². The van der Waals surface area contributed by atoms with Crippen molar-refractivity contribution in [3.63, 3.8) is 0 Å². The van der Waals surface area contributed by atoms with E-state index in [1.165, 1.54) is 17.3 Å². The first kappa shape index (κ1) is 18.9. The number of ether oxygens (including phenoxy) is 1. The highest BCUT2D eigenvalue weighted by molar-refractivity contribution is 5.90. The van der Waals surface area contributed by atoms with Gasteiger partial charge < -0.3 is 9.64 Å². The van der Waals surface area contributed by atoms with Crippen LogP contribution in [-0.2, 0) is 11.3 Å². The van der Waals surface area contributed by atoms with Gasteiger partial charge in [0.05, 0.1) is 7.11 Å². The Bertz CT molecular complexity index is 764. The second-order valence-corrected chi connectivity index (χ2v) is 6.51. The van der Waals surface area contributed by atoms with Crippen LogP contribution in [0.25, 0.3) is 6.08 Å². The van der Waals surface area contributed by atoms with Crippen LogP contribution in [0.3, 0.4) is 0 Å². The standard InChI is InChI=1S/C21H25N3O3/c1-27-20-9-7-19(8-10-20)24-14-12-23(13-15-24)16-18-4-2-17(3-5-18)6-11-21(25)22-26/h2-11,26H,12-16H2,1H3,(H,22,25)/b11-6+. The third kappa shape index (κ3) is 5.32. The fraction of sp³-hybridized carbons (Fsp3) is 0.286. The number of nitrogens with zero attached hydrogens (tertiary/aromatic N) is 2. The lowest BCUT2D eigenvalue weighted by molar-refractivity contribution is -0.124. The van der Waals surface area contributed by atoms with Crippen LogP contribution in [0.4, 0.5) is 5.69 Å². The van der Waals surface area contributed by atoms with Crippen molar-refractivity contribution in [3.05, 3.63) is 65.7 Å². The summed E-state index contributed by atoms with van der Waals surface area (Å²) in [6, 6.07) is 16.3. The van der Waals surface area contributed by atoms with Gasteiger partial charge in [-0.1, -0.05) is 24.3 Å². The zero-order valence-corrected chi connectivity index (χ0v) is 15.5. The molecule has 1 saturated heterocycles. The molecule has 3 rings (SSSR count). The third-order valence-electron chi connectivity index (χ3n) is 4.73. The highest BCUT2D eigenvalue weighted by atomic mass is 16.5. The minimum Gasteiger partial charge on any atom is -0.497 e. The maximum atomic E-state index is 11.0. The number of hydrogen-bond donors (Lipinski definition) is 2. The summed E-state index contributed by atoms with van der Waals surface area (Å²) in [5.74, 6) is 0.349. The summed E-state index contributed by atoms with van der Waals surface area (Å²) in [6.45, 7) is 4.96. The molecule has 0 radical (unpaired) electrons. The summed E-state index contributed by atoms with van der Waals surface area (Å²) >= 11 is 0. The smallest absolute Gasteiger partial charge is 0.267 e. The third-order valence-corrected chi connectivity index (χ3v) is 4.73. The first-order chi connectivity index (χ1) is 13.2. The fourth-order valence-corrected chi connectivity index (χ4v) is 3.16. The lowest BCUT2D eigenvalue weighted by Crippen LogP contribution is -2.45. The van der Waals surface area contributed by atoms with Crippen LogP contribution < -0.4 is 15.1 Å². The monoisotopic (exact) mass is 367 g/mol. The number of anilines is 1. The van der Waals surface area contributed by atoms with Crippen molar-refractivity contribution in [2.75, 3.05) is 38.2 Å². The van der Waals surface area contributed by atoms with E-state index in [1.54, 1.807) is 18.7 Å². The Labute approximate surface area is 159 Å². The average Bonchev–Trinajstić information content (AvgIpc) is 2.73. The maximum absolute atomic E-state index is 11.0. The number of carbonyl (C=O) groups excluding carboxylic acids is 1. The lowest BCUT2D eigenvalue weighted by Gasteiger charge is -2.36. The SMILES string of the molecule is COc1ccc(N2CCN(Cc3ccc(/C=C/C(=O)NO)cc3)CC2)cc1. The van der Waals surface area contributed by atoms with E-state index in [9.17, 15) is 4.79 Å². The van der Waals surface area contributed by atoms with Crippen LogP contribution in [0, 0.1) is 0 Å². The van der Waals surface area contributed by atoms with Gasteiger partial charge in [-0.05, 0) is 41.5 Å². The molecule has 2 N–H and O–H groups in total. The van der Waals surface area contributed by atoms with E-state index in [0.29, 0.717) is 0 Å². The molecule has 1 aliphatic heterocycles. The van der Waals surface area contributed by atoms with Crippen LogP contribution in [0.1, 0.15) is 11.1 Å². The van der Waals surface area contributed by atoms with Crippen molar-refractivity contribution in [1.82, 2.24) is 10.4 Å². The Morgan fingerprint density at radius 1 is 1.07 bits per heavy atom. The fourth-order valence-electron chi connectivity index (χ4n) is 3.16. The minimum atomic E-state index is -0.534. The van der Waals surface area contributed by atoms with Gasteiger partial charge in [0, 0.05) is 44.5 Å². The molecular formula is C21H25N3O3. The van der Waals surface area contributed by atoms with Crippen LogP contribution >= 0.6 is 0 Å². The molecule has 1 amide bonds. The number of hydrogen-bond acceptors (Lipinski definition) is 5. The Kier molecular flexibility index (Phi) is 6.46. The van der Waals surface area contributed by atoms with Gasteiger partial charge in [0.2, 0.25) is 0 Å². The van der Waals surface area contributed by atoms with Crippen molar-refractivity contribution in [3.8, 4) is 5.75 Å². The number of hydroxylamine groups is 1. The molecule has 6 heteroatoms. The van der Waals surface area contributed by atoms with E-state index < -0.39 is 5.91 Å². The molecule has 2 aromatic rings. The van der Waals surface area contributed by atoms with Gasteiger partial charge in [-0.2, -0.15) is 0 Å². The summed E-state index contributed by atoms with van der Waals surface area (Å²) in [5.41, 5.74) is 4.98. The first-order valence-corrected chi connectivity index (χ1v) is 9.00. The van der Waals surface area contributed by atoms with E-state index in [0.717, 1.165) is 44.0 Å². The van der Waals surface area contributed by atoms with Gasteiger partial charge in [0.25, 0.3) is 5.91 Å². The van der Waals surface area contributed by atoms with Gasteiger partial charge in [0.15, 0.2) is 0 Å². The number of carbonyl (C=O) groups is 1. The number of rotatable bonds is 6. The van der Waals surface area contributed by atoms with E-state index in [4.69, 9.17) is 9.94 Å². The Hall–Kier alpha value is -2.83. The molecule has 27 heavy (non-hydrogen) atoms. The van der Waals surface area contributed by atoms with Gasteiger partial charge >= 0.3 is 0 Å². The predicted octanol–water partition coefficient (Wildman–Crippen LogP) is 2.54. The van der Waals surface area contributed by atoms with Gasteiger partial charge in [0.1, 0.15) is 5.75 Å². The summed E-state index contributed by atoms with van der Waals surface area (Å²) in [6.07, 6.45) is 2.97. The molecule has 142 valence electrons. The topological polar surface area (TPSA) is 65.0 Å². The molecular weight excluding hydrogens is 342 g/mol. The van der Waals surface area contributed by atoms with Crippen molar-refractivity contribution in [2.24, 2.45) is 0 Å². The van der Waals surface area contributed by atoms with Gasteiger partial charge in [-0.25, -0.2) is 5.48 Å². The minimum absolute atomic E-state index is 0.534.